The maximum Gasteiger partial charge on any atom is 0.309 e. The molecule has 0 radical (unpaired) electrons. The van der Waals surface area contributed by atoms with Gasteiger partial charge in [-0.05, 0) is 36.6 Å². The number of esters is 1. The number of rotatable bonds is 5. The number of sulfonamides is 1. The molecule has 1 aliphatic rings. The molecule has 2 aromatic rings. The SMILES string of the molecule is O=C(OCc1ccccc1)C1CCN(S(=O)(=O)c2cc(F)ccc2F)CC1. The third-order valence-corrected chi connectivity index (χ3v) is 6.44. The van der Waals surface area contributed by atoms with E-state index in [2.05, 4.69) is 0 Å². The zero-order valence-corrected chi connectivity index (χ0v) is 15.3. The number of ether oxygens (including phenoxy) is 1. The van der Waals surface area contributed by atoms with Gasteiger partial charge in [0.1, 0.15) is 23.1 Å². The van der Waals surface area contributed by atoms with Crippen molar-refractivity contribution in [2.75, 3.05) is 13.1 Å². The van der Waals surface area contributed by atoms with Gasteiger partial charge in [0.2, 0.25) is 10.0 Å². The maximum absolute atomic E-state index is 13.8. The number of carbonyl (C=O) groups is 1. The Morgan fingerprint density at radius 3 is 2.41 bits per heavy atom. The topological polar surface area (TPSA) is 63.7 Å². The van der Waals surface area contributed by atoms with Gasteiger partial charge >= 0.3 is 5.97 Å². The summed E-state index contributed by atoms with van der Waals surface area (Å²) in [5.41, 5.74) is 0.868. The number of halogens is 2. The predicted octanol–water partition coefficient (Wildman–Crippen LogP) is 3.11. The summed E-state index contributed by atoms with van der Waals surface area (Å²) in [5.74, 6) is -2.62. The van der Waals surface area contributed by atoms with Gasteiger partial charge in [0.15, 0.2) is 0 Å². The summed E-state index contributed by atoms with van der Waals surface area (Å²) in [5, 5.41) is 0. The highest BCUT2D eigenvalue weighted by Crippen LogP contribution is 2.26. The maximum atomic E-state index is 13.8. The van der Waals surface area contributed by atoms with Crippen LogP contribution in [-0.4, -0.2) is 31.8 Å². The second-order valence-electron chi connectivity index (χ2n) is 6.35. The number of carbonyl (C=O) groups excluding carboxylic acids is 1. The summed E-state index contributed by atoms with van der Waals surface area (Å²) in [4.78, 5) is 11.5. The number of benzene rings is 2. The summed E-state index contributed by atoms with van der Waals surface area (Å²) < 4.78 is 58.6. The summed E-state index contributed by atoms with van der Waals surface area (Å²) >= 11 is 0. The zero-order valence-electron chi connectivity index (χ0n) is 14.5. The second kappa shape index (κ2) is 8.14. The van der Waals surface area contributed by atoms with Gasteiger partial charge in [-0.1, -0.05) is 30.3 Å². The van der Waals surface area contributed by atoms with Crippen molar-refractivity contribution >= 4 is 16.0 Å². The minimum atomic E-state index is -4.15. The molecule has 1 saturated heterocycles. The molecule has 0 spiro atoms. The average Bonchev–Trinajstić information content (AvgIpc) is 2.68. The fourth-order valence-corrected chi connectivity index (χ4v) is 4.54. The van der Waals surface area contributed by atoms with E-state index >= 15 is 0 Å². The van der Waals surface area contributed by atoms with Gasteiger partial charge in [0.25, 0.3) is 0 Å². The Kier molecular flexibility index (Phi) is 5.86. The summed E-state index contributed by atoms with van der Waals surface area (Å²) in [6, 6.07) is 11.6. The van der Waals surface area contributed by atoms with Crippen molar-refractivity contribution < 1.29 is 26.7 Å². The molecule has 1 heterocycles. The Hall–Kier alpha value is -2.32. The molecule has 0 aliphatic carbocycles. The largest absolute Gasteiger partial charge is 0.461 e. The van der Waals surface area contributed by atoms with Gasteiger partial charge in [-0.15, -0.1) is 0 Å². The van der Waals surface area contributed by atoms with Gasteiger partial charge in [-0.25, -0.2) is 17.2 Å². The predicted molar refractivity (Wildman–Crippen MR) is 94.1 cm³/mol. The van der Waals surface area contributed by atoms with Crippen molar-refractivity contribution in [2.45, 2.75) is 24.3 Å². The van der Waals surface area contributed by atoms with Crippen molar-refractivity contribution in [1.29, 1.82) is 0 Å². The van der Waals surface area contributed by atoms with Crippen LogP contribution in [0.2, 0.25) is 0 Å². The Balaban J connectivity index is 1.59. The fourth-order valence-electron chi connectivity index (χ4n) is 2.99. The minimum Gasteiger partial charge on any atom is -0.461 e. The lowest BCUT2D eigenvalue weighted by Crippen LogP contribution is -2.40. The molecule has 0 bridgehead atoms. The molecular weight excluding hydrogens is 376 g/mol. The standard InChI is InChI=1S/C19H19F2NO4S/c20-16-6-7-17(21)18(12-16)27(24,25)22-10-8-15(9-11-22)19(23)26-13-14-4-2-1-3-5-14/h1-7,12,15H,8-11,13H2. The lowest BCUT2D eigenvalue weighted by molar-refractivity contribution is -0.151. The average molecular weight is 395 g/mol. The molecule has 5 nitrogen and oxygen atoms in total. The Morgan fingerprint density at radius 1 is 1.07 bits per heavy atom. The number of nitrogens with zero attached hydrogens (tertiary/aromatic N) is 1. The van der Waals surface area contributed by atoms with Crippen molar-refractivity contribution in [3.8, 4) is 0 Å². The van der Waals surface area contributed by atoms with Crippen molar-refractivity contribution in [3.63, 3.8) is 0 Å². The van der Waals surface area contributed by atoms with Crippen molar-refractivity contribution in [2.24, 2.45) is 5.92 Å². The van der Waals surface area contributed by atoms with Crippen LogP contribution in [0.3, 0.4) is 0 Å². The van der Waals surface area contributed by atoms with Crippen LogP contribution < -0.4 is 0 Å². The van der Waals surface area contributed by atoms with Crippen LogP contribution in [0, 0.1) is 17.6 Å². The highest BCUT2D eigenvalue weighted by atomic mass is 32.2. The van der Waals surface area contributed by atoms with Crippen molar-refractivity contribution in [1.82, 2.24) is 4.31 Å². The van der Waals surface area contributed by atoms with Crippen LogP contribution in [0.25, 0.3) is 0 Å². The monoisotopic (exact) mass is 395 g/mol. The zero-order chi connectivity index (χ0) is 19.4. The summed E-state index contributed by atoms with van der Waals surface area (Å²) in [6.45, 7) is 0.249. The lowest BCUT2D eigenvalue weighted by atomic mass is 9.98. The first kappa shape index (κ1) is 19.4. The van der Waals surface area contributed by atoms with Gasteiger partial charge in [0.05, 0.1) is 5.92 Å². The van der Waals surface area contributed by atoms with E-state index in [0.717, 1.165) is 22.0 Å². The Morgan fingerprint density at radius 2 is 1.74 bits per heavy atom. The number of hydrogen-bond acceptors (Lipinski definition) is 4. The molecule has 1 aliphatic heterocycles. The van der Waals surface area contributed by atoms with E-state index < -0.39 is 32.5 Å². The van der Waals surface area contributed by atoms with Crippen LogP contribution in [0.1, 0.15) is 18.4 Å². The van der Waals surface area contributed by atoms with E-state index in [1.807, 2.05) is 30.3 Å². The van der Waals surface area contributed by atoms with E-state index in [0.29, 0.717) is 6.07 Å². The van der Waals surface area contributed by atoms with Crippen LogP contribution >= 0.6 is 0 Å². The van der Waals surface area contributed by atoms with Gasteiger partial charge in [-0.2, -0.15) is 4.31 Å². The third kappa shape index (κ3) is 4.51. The van der Waals surface area contributed by atoms with Crippen LogP contribution in [0.4, 0.5) is 8.78 Å². The first-order valence-corrected chi connectivity index (χ1v) is 9.97. The Bertz CT molecular complexity index is 911. The molecule has 0 aromatic heterocycles. The molecule has 2 aromatic carbocycles. The van der Waals surface area contributed by atoms with E-state index in [9.17, 15) is 22.0 Å². The molecule has 144 valence electrons. The van der Waals surface area contributed by atoms with E-state index in [1.54, 1.807) is 0 Å². The van der Waals surface area contributed by atoms with Gasteiger partial charge < -0.3 is 4.74 Å². The van der Waals surface area contributed by atoms with Gasteiger partial charge in [0, 0.05) is 13.1 Å². The van der Waals surface area contributed by atoms with Crippen LogP contribution in [0.15, 0.2) is 53.4 Å². The molecule has 8 heteroatoms. The molecule has 1 fully saturated rings. The molecule has 0 N–H and O–H groups in total. The van der Waals surface area contributed by atoms with E-state index in [4.69, 9.17) is 4.74 Å². The van der Waals surface area contributed by atoms with Crippen molar-refractivity contribution in [3.05, 3.63) is 65.7 Å². The summed E-state index contributed by atoms with van der Waals surface area (Å²) in [7, 11) is -4.15. The third-order valence-electron chi connectivity index (χ3n) is 4.52. The summed E-state index contributed by atoms with van der Waals surface area (Å²) in [6.07, 6.45) is 0.535. The highest BCUT2D eigenvalue weighted by Gasteiger charge is 2.34. The fraction of sp³-hybridized carbons (Fsp3) is 0.316. The quantitative estimate of drug-likeness (QED) is 0.730. The van der Waals surface area contributed by atoms with Crippen LogP contribution in [-0.2, 0) is 26.2 Å². The molecular formula is C19H19F2NO4S. The molecule has 27 heavy (non-hydrogen) atoms. The first-order valence-electron chi connectivity index (χ1n) is 8.53. The molecule has 0 atom stereocenters. The molecule has 3 rings (SSSR count). The lowest BCUT2D eigenvalue weighted by Gasteiger charge is -2.30. The number of piperidine rings is 1. The Labute approximate surface area is 156 Å². The van der Waals surface area contributed by atoms with E-state index in [1.165, 1.54) is 0 Å². The first-order chi connectivity index (χ1) is 12.9. The normalized spacial score (nSPS) is 16.2. The van der Waals surface area contributed by atoms with E-state index in [-0.39, 0.29) is 38.5 Å². The number of hydrogen-bond donors (Lipinski definition) is 0. The molecule has 0 unspecified atom stereocenters. The van der Waals surface area contributed by atoms with Crippen LogP contribution in [0.5, 0.6) is 0 Å². The highest BCUT2D eigenvalue weighted by molar-refractivity contribution is 7.89. The molecule has 0 saturated carbocycles. The smallest absolute Gasteiger partial charge is 0.309 e. The minimum absolute atomic E-state index is 0.0450. The molecule has 0 amide bonds. The second-order valence-corrected chi connectivity index (χ2v) is 8.25. The van der Waals surface area contributed by atoms with Gasteiger partial charge in [-0.3, -0.25) is 4.79 Å².